The van der Waals surface area contributed by atoms with E-state index >= 15 is 0 Å². The number of hydrogen-bond donors (Lipinski definition) is 2. The molecule has 5 unspecified atom stereocenters. The Kier molecular flexibility index (Phi) is 8.95. The number of alkyl halides is 1. The van der Waals surface area contributed by atoms with Gasteiger partial charge in [0, 0.05) is 24.9 Å². The Balaban J connectivity index is 0.000000487. The first-order valence-electron chi connectivity index (χ1n) is 14.9. The van der Waals surface area contributed by atoms with Gasteiger partial charge in [-0.3, -0.25) is 0 Å². The Labute approximate surface area is 251 Å². The van der Waals surface area contributed by atoms with Crippen molar-refractivity contribution in [1.29, 1.82) is 0 Å². The first kappa shape index (κ1) is 30.3. The summed E-state index contributed by atoms with van der Waals surface area (Å²) in [4.78, 5) is 18.2. The molecular weight excluding hydrogens is 627 g/mol. The summed E-state index contributed by atoms with van der Waals surface area (Å²) in [5, 5.41) is 14.8. The molecule has 8 nitrogen and oxygen atoms in total. The second-order valence-corrected chi connectivity index (χ2v) is 13.6. The summed E-state index contributed by atoms with van der Waals surface area (Å²) in [5.41, 5.74) is 1.65. The van der Waals surface area contributed by atoms with Crippen molar-refractivity contribution >= 4 is 34.5 Å². The SMILES string of the molecule is C[C@]12CCC3(CC1=CCC1C2CC[C@@]2(C)C1CCC2(C#CCI)OC1CCCCO1)OCCO3.O=C(O)C(=O)O. The Morgan fingerprint density at radius 3 is 2.38 bits per heavy atom. The lowest BCUT2D eigenvalue weighted by Crippen LogP contribution is -2.56. The van der Waals surface area contributed by atoms with Crippen molar-refractivity contribution < 1.29 is 38.7 Å². The number of allylic oxidation sites excluding steroid dienone is 1. The average Bonchev–Trinajstić information content (AvgIpc) is 3.51. The zero-order valence-electron chi connectivity index (χ0n) is 23.7. The van der Waals surface area contributed by atoms with Crippen LogP contribution in [0.15, 0.2) is 11.6 Å². The van der Waals surface area contributed by atoms with Gasteiger partial charge in [-0.05, 0) is 81.0 Å². The largest absolute Gasteiger partial charge is 0.473 e. The van der Waals surface area contributed by atoms with E-state index in [0.717, 1.165) is 68.2 Å². The van der Waals surface area contributed by atoms with Crippen molar-refractivity contribution in [2.75, 3.05) is 24.2 Å². The summed E-state index contributed by atoms with van der Waals surface area (Å²) in [7, 11) is 0. The monoisotopic (exact) mass is 670 g/mol. The number of halogens is 1. The fraction of sp³-hybridized carbons (Fsp3) is 0.806. The molecule has 9 heteroatoms. The van der Waals surface area contributed by atoms with Crippen LogP contribution in [0.2, 0.25) is 0 Å². The molecule has 2 heterocycles. The van der Waals surface area contributed by atoms with Gasteiger partial charge in [-0.25, -0.2) is 9.59 Å². The number of carboxylic acid groups (broad SMARTS) is 2. The number of carboxylic acids is 2. The second kappa shape index (κ2) is 11.8. The summed E-state index contributed by atoms with van der Waals surface area (Å²) >= 11 is 2.38. The molecular formula is C31H43IO8. The van der Waals surface area contributed by atoms with E-state index in [1.165, 1.54) is 38.5 Å². The van der Waals surface area contributed by atoms with Crippen LogP contribution < -0.4 is 0 Å². The molecule has 0 aromatic heterocycles. The maximum Gasteiger partial charge on any atom is 0.414 e. The molecule has 3 saturated carbocycles. The molecule has 6 rings (SSSR count). The minimum Gasteiger partial charge on any atom is -0.473 e. The smallest absolute Gasteiger partial charge is 0.414 e. The highest BCUT2D eigenvalue weighted by atomic mass is 127. The number of aliphatic carboxylic acids is 2. The first-order valence-corrected chi connectivity index (χ1v) is 16.4. The minimum absolute atomic E-state index is 0.0816. The van der Waals surface area contributed by atoms with Gasteiger partial charge in [0.2, 0.25) is 0 Å². The molecule has 4 aliphatic carbocycles. The summed E-state index contributed by atoms with van der Waals surface area (Å²) in [6.45, 7) is 7.41. The van der Waals surface area contributed by atoms with E-state index in [1.54, 1.807) is 5.57 Å². The van der Waals surface area contributed by atoms with E-state index in [2.05, 4.69) is 54.4 Å². The molecule has 0 aromatic carbocycles. The first-order chi connectivity index (χ1) is 19.1. The third-order valence-electron chi connectivity index (χ3n) is 11.1. The quantitative estimate of drug-likeness (QED) is 0.129. The van der Waals surface area contributed by atoms with Gasteiger partial charge in [0.25, 0.3) is 0 Å². The molecule has 0 amide bonds. The summed E-state index contributed by atoms with van der Waals surface area (Å²) < 4.78 is 26.1. The normalized spacial score (nSPS) is 41.2. The van der Waals surface area contributed by atoms with Crippen molar-refractivity contribution in [2.24, 2.45) is 28.6 Å². The molecule has 1 spiro atoms. The Bertz CT molecular complexity index is 1050. The number of fused-ring (bicyclic) bond motifs is 5. The second-order valence-electron chi connectivity index (χ2n) is 12.8. The van der Waals surface area contributed by atoms with E-state index in [0.29, 0.717) is 5.92 Å². The fourth-order valence-electron chi connectivity index (χ4n) is 8.98. The number of hydrogen-bond acceptors (Lipinski definition) is 6. The molecule has 222 valence electrons. The van der Waals surface area contributed by atoms with Gasteiger partial charge in [0.05, 0.1) is 17.6 Å². The number of carbonyl (C=O) groups is 2. The summed E-state index contributed by atoms with van der Waals surface area (Å²) in [6.07, 6.45) is 15.1. The molecule has 0 aromatic rings. The van der Waals surface area contributed by atoms with E-state index in [1.807, 2.05) is 0 Å². The maximum absolute atomic E-state index is 9.10. The van der Waals surface area contributed by atoms with Gasteiger partial charge < -0.3 is 29.2 Å². The third-order valence-corrected chi connectivity index (χ3v) is 11.4. The predicted octanol–water partition coefficient (Wildman–Crippen LogP) is 5.57. The van der Waals surface area contributed by atoms with Crippen LogP contribution in [0.5, 0.6) is 0 Å². The van der Waals surface area contributed by atoms with Crippen LogP contribution >= 0.6 is 22.6 Å². The Morgan fingerprint density at radius 2 is 1.73 bits per heavy atom. The zero-order chi connectivity index (χ0) is 28.6. The molecule has 5 fully saturated rings. The fourth-order valence-corrected chi connectivity index (χ4v) is 9.17. The van der Waals surface area contributed by atoms with Crippen LogP contribution in [0.1, 0.15) is 84.5 Å². The van der Waals surface area contributed by atoms with Crippen LogP contribution in [0.25, 0.3) is 0 Å². The molecule has 7 atom stereocenters. The molecule has 2 N–H and O–H groups in total. The average molecular weight is 671 g/mol. The van der Waals surface area contributed by atoms with Crippen LogP contribution in [0.3, 0.4) is 0 Å². The van der Waals surface area contributed by atoms with Gasteiger partial charge in [0.15, 0.2) is 12.1 Å². The van der Waals surface area contributed by atoms with E-state index in [-0.39, 0.29) is 28.5 Å². The van der Waals surface area contributed by atoms with Crippen molar-refractivity contribution in [2.45, 2.75) is 102 Å². The summed E-state index contributed by atoms with van der Waals surface area (Å²) in [5.74, 6) is 5.34. The van der Waals surface area contributed by atoms with E-state index in [4.69, 9.17) is 38.7 Å². The minimum atomic E-state index is -1.82. The predicted molar refractivity (Wildman–Crippen MR) is 156 cm³/mol. The highest BCUT2D eigenvalue weighted by Gasteiger charge is 2.65. The maximum atomic E-state index is 9.10. The van der Waals surface area contributed by atoms with Gasteiger partial charge in [-0.15, -0.1) is 0 Å². The van der Waals surface area contributed by atoms with Gasteiger partial charge in [-0.1, -0.05) is 59.9 Å². The van der Waals surface area contributed by atoms with Gasteiger partial charge in [-0.2, -0.15) is 0 Å². The van der Waals surface area contributed by atoms with Gasteiger partial charge >= 0.3 is 11.9 Å². The number of ether oxygens (including phenoxy) is 4. The van der Waals surface area contributed by atoms with E-state index in [9.17, 15) is 0 Å². The van der Waals surface area contributed by atoms with Crippen molar-refractivity contribution in [3.05, 3.63) is 11.6 Å². The molecule has 0 radical (unpaired) electrons. The van der Waals surface area contributed by atoms with Crippen LogP contribution in [-0.4, -0.2) is 64.1 Å². The van der Waals surface area contributed by atoms with Crippen molar-refractivity contribution in [3.8, 4) is 11.8 Å². The van der Waals surface area contributed by atoms with Gasteiger partial charge in [0.1, 0.15) is 5.60 Å². The molecule has 0 bridgehead atoms. The standard InChI is InChI=1S/C29H41IO4.C2H2O4/c1-26-14-15-29(32-18-19-33-29)20-21(26)7-8-22-23(26)9-12-27(2)24(22)10-13-28(27,11-5-16-30)34-25-6-3-4-17-31-25;3-1(4)2(5)6/h7,22-25H,3-4,6,8-10,12-20H2,1-2H3;(H,3,4)(H,5,6)/t22?,23?,24?,25?,26-,27-,28?;/m0./s1. The molecule has 2 saturated heterocycles. The lowest BCUT2D eigenvalue weighted by Gasteiger charge is -2.59. The third kappa shape index (κ3) is 5.36. The highest BCUT2D eigenvalue weighted by Crippen LogP contribution is 2.68. The van der Waals surface area contributed by atoms with Crippen molar-refractivity contribution in [1.82, 2.24) is 0 Å². The Morgan fingerprint density at radius 1 is 1.00 bits per heavy atom. The van der Waals surface area contributed by atoms with E-state index < -0.39 is 11.9 Å². The molecule has 2 aliphatic heterocycles. The van der Waals surface area contributed by atoms with Crippen molar-refractivity contribution in [3.63, 3.8) is 0 Å². The molecule has 40 heavy (non-hydrogen) atoms. The Hall–Kier alpha value is -1.19. The van der Waals surface area contributed by atoms with Crippen LogP contribution in [-0.2, 0) is 28.5 Å². The number of rotatable bonds is 2. The molecule has 6 aliphatic rings. The van der Waals surface area contributed by atoms with Crippen LogP contribution in [0.4, 0.5) is 0 Å². The topological polar surface area (TPSA) is 112 Å². The van der Waals surface area contributed by atoms with Crippen LogP contribution in [0, 0.1) is 40.4 Å². The zero-order valence-corrected chi connectivity index (χ0v) is 25.9. The lowest BCUT2D eigenvalue weighted by atomic mass is 9.46. The highest BCUT2D eigenvalue weighted by molar-refractivity contribution is 14.1. The lowest BCUT2D eigenvalue weighted by molar-refractivity contribution is -0.242. The summed E-state index contributed by atoms with van der Waals surface area (Å²) in [6, 6.07) is 0.